The van der Waals surface area contributed by atoms with Gasteiger partial charge < -0.3 is 21.1 Å². The summed E-state index contributed by atoms with van der Waals surface area (Å²) in [6.45, 7) is 4.62. The van der Waals surface area contributed by atoms with E-state index < -0.39 is 0 Å². The molecule has 0 spiro atoms. The van der Waals surface area contributed by atoms with Crippen molar-refractivity contribution in [2.24, 2.45) is 5.73 Å². The first-order chi connectivity index (χ1) is 17.0. The number of aromatic nitrogens is 2. The minimum Gasteiger partial charge on any atom is -0.397 e. The summed E-state index contributed by atoms with van der Waals surface area (Å²) in [6, 6.07) is 14.7. The number of ether oxygens (including phenoxy) is 1. The zero-order chi connectivity index (χ0) is 24.4. The molecule has 0 saturated carbocycles. The molecule has 35 heavy (non-hydrogen) atoms. The van der Waals surface area contributed by atoms with Crippen molar-refractivity contribution in [1.82, 2.24) is 9.97 Å². The molecule has 1 aliphatic rings. The molecule has 0 bridgehead atoms. The van der Waals surface area contributed by atoms with E-state index in [0.29, 0.717) is 18.8 Å². The van der Waals surface area contributed by atoms with E-state index in [4.69, 9.17) is 21.2 Å². The van der Waals surface area contributed by atoms with Crippen molar-refractivity contribution in [1.29, 1.82) is 0 Å². The van der Waals surface area contributed by atoms with Crippen molar-refractivity contribution < 1.29 is 9.13 Å². The molecule has 1 saturated heterocycles. The maximum absolute atomic E-state index is 14.2. The largest absolute Gasteiger partial charge is 0.397 e. The second-order valence-electron chi connectivity index (χ2n) is 9.02. The molecule has 3 heterocycles. The molecule has 0 radical (unpaired) electrons. The molecule has 1 fully saturated rings. The summed E-state index contributed by atoms with van der Waals surface area (Å²) in [5.41, 5.74) is 18.9. The van der Waals surface area contributed by atoms with Crippen LogP contribution in [0, 0.1) is 12.7 Å². The van der Waals surface area contributed by atoms with Gasteiger partial charge in [0, 0.05) is 48.5 Å². The van der Waals surface area contributed by atoms with Crippen molar-refractivity contribution in [3.8, 4) is 22.4 Å². The number of nitrogens with two attached hydrogens (primary N) is 2. The highest BCUT2D eigenvalue weighted by Crippen LogP contribution is 2.40. The number of pyridine rings is 2. The van der Waals surface area contributed by atoms with Gasteiger partial charge in [0.1, 0.15) is 5.82 Å². The highest BCUT2D eigenvalue weighted by atomic mass is 19.1. The standard InChI is InChI=1S/C28H30FN5O/c1-18-9-11-32-27(26(18)31)20-7-8-25-23(15-20)28(34-12-3-6-22(17-34)35-13-10-30)24(16-33-25)19-4-2-5-21(29)14-19/h2,4-5,7-9,11,14-16,22H,3,6,10,12-13,17,30-31H2,1H3. The zero-order valence-corrected chi connectivity index (χ0v) is 19.9. The summed E-state index contributed by atoms with van der Waals surface area (Å²) in [4.78, 5) is 11.6. The van der Waals surface area contributed by atoms with Crippen LogP contribution < -0.4 is 16.4 Å². The number of halogens is 1. The number of nitrogen functional groups attached to an aromatic ring is 1. The van der Waals surface area contributed by atoms with Crippen molar-refractivity contribution in [2.75, 3.05) is 36.9 Å². The number of fused-ring (bicyclic) bond motifs is 1. The second kappa shape index (κ2) is 9.98. The van der Waals surface area contributed by atoms with Crippen LogP contribution in [0.4, 0.5) is 15.8 Å². The smallest absolute Gasteiger partial charge is 0.123 e. The van der Waals surface area contributed by atoms with Gasteiger partial charge in [0.15, 0.2) is 0 Å². The fraction of sp³-hybridized carbons (Fsp3) is 0.286. The Kier molecular flexibility index (Phi) is 6.61. The summed E-state index contributed by atoms with van der Waals surface area (Å²) < 4.78 is 20.2. The molecule has 1 aliphatic heterocycles. The number of nitrogens with zero attached hydrogens (tertiary/aromatic N) is 3. The number of hydrogen-bond donors (Lipinski definition) is 2. The number of rotatable bonds is 6. The average molecular weight is 472 g/mol. The quantitative estimate of drug-likeness (QED) is 0.414. The minimum atomic E-state index is -0.276. The van der Waals surface area contributed by atoms with Gasteiger partial charge in [-0.15, -0.1) is 0 Å². The normalized spacial score (nSPS) is 16.1. The number of anilines is 2. The van der Waals surface area contributed by atoms with Gasteiger partial charge in [0.25, 0.3) is 0 Å². The third-order valence-corrected chi connectivity index (χ3v) is 6.62. The van der Waals surface area contributed by atoms with Gasteiger partial charge in [-0.05, 0) is 61.2 Å². The fourth-order valence-corrected chi connectivity index (χ4v) is 4.85. The maximum atomic E-state index is 14.2. The molecule has 180 valence electrons. The molecule has 6 nitrogen and oxygen atoms in total. The third-order valence-electron chi connectivity index (χ3n) is 6.62. The van der Waals surface area contributed by atoms with Crippen LogP contribution in [0.5, 0.6) is 0 Å². The Morgan fingerprint density at radius 1 is 1.11 bits per heavy atom. The molecule has 4 aromatic rings. The maximum Gasteiger partial charge on any atom is 0.123 e. The monoisotopic (exact) mass is 471 g/mol. The van der Waals surface area contributed by atoms with Gasteiger partial charge in [-0.25, -0.2) is 4.39 Å². The lowest BCUT2D eigenvalue weighted by atomic mass is 9.97. The molecule has 1 unspecified atom stereocenters. The second-order valence-corrected chi connectivity index (χ2v) is 9.02. The van der Waals surface area contributed by atoms with Gasteiger partial charge in [-0.3, -0.25) is 9.97 Å². The molecule has 5 rings (SSSR count). The first kappa shape index (κ1) is 23.2. The van der Waals surface area contributed by atoms with E-state index in [-0.39, 0.29) is 11.9 Å². The predicted octanol–water partition coefficient (Wildman–Crippen LogP) is 4.94. The van der Waals surface area contributed by atoms with Crippen LogP contribution in [0.15, 0.2) is 60.9 Å². The lowest BCUT2D eigenvalue weighted by Gasteiger charge is -2.36. The minimum absolute atomic E-state index is 0.0909. The Balaban J connectivity index is 1.69. The van der Waals surface area contributed by atoms with Gasteiger partial charge in [-0.2, -0.15) is 0 Å². The van der Waals surface area contributed by atoms with Crippen LogP contribution in [0.3, 0.4) is 0 Å². The Labute approximate surface area is 204 Å². The lowest BCUT2D eigenvalue weighted by Crippen LogP contribution is -2.40. The van der Waals surface area contributed by atoms with Crippen LogP contribution in [-0.4, -0.2) is 42.3 Å². The molecular formula is C28H30FN5O. The number of hydrogen-bond acceptors (Lipinski definition) is 6. The van der Waals surface area contributed by atoms with Gasteiger partial charge >= 0.3 is 0 Å². The van der Waals surface area contributed by atoms with Gasteiger partial charge in [0.2, 0.25) is 0 Å². The molecule has 2 aromatic heterocycles. The van der Waals surface area contributed by atoms with E-state index in [1.165, 1.54) is 6.07 Å². The van der Waals surface area contributed by atoms with E-state index >= 15 is 0 Å². The summed E-state index contributed by atoms with van der Waals surface area (Å²) in [7, 11) is 0. The summed E-state index contributed by atoms with van der Waals surface area (Å²) >= 11 is 0. The molecule has 2 aromatic carbocycles. The fourth-order valence-electron chi connectivity index (χ4n) is 4.85. The van der Waals surface area contributed by atoms with Crippen molar-refractivity contribution in [2.45, 2.75) is 25.9 Å². The Bertz CT molecular complexity index is 1360. The van der Waals surface area contributed by atoms with Gasteiger partial charge in [0.05, 0.1) is 35.3 Å². The van der Waals surface area contributed by atoms with E-state index in [9.17, 15) is 4.39 Å². The van der Waals surface area contributed by atoms with E-state index in [2.05, 4.69) is 16.0 Å². The molecule has 0 aliphatic carbocycles. The topological polar surface area (TPSA) is 90.3 Å². The SMILES string of the molecule is Cc1ccnc(-c2ccc3ncc(-c4cccc(F)c4)c(N4CCCC(OCCN)C4)c3c2)c1N. The molecule has 7 heteroatoms. The number of piperidine rings is 1. The Morgan fingerprint density at radius 3 is 2.83 bits per heavy atom. The zero-order valence-electron chi connectivity index (χ0n) is 19.9. The van der Waals surface area contributed by atoms with Crippen LogP contribution in [0.2, 0.25) is 0 Å². The lowest BCUT2D eigenvalue weighted by molar-refractivity contribution is 0.0489. The molecule has 4 N–H and O–H groups in total. The molecule has 0 amide bonds. The molecule has 1 atom stereocenters. The summed E-state index contributed by atoms with van der Waals surface area (Å²) in [5, 5.41) is 0.978. The molecular weight excluding hydrogens is 441 g/mol. The third kappa shape index (κ3) is 4.70. The van der Waals surface area contributed by atoms with E-state index in [0.717, 1.165) is 70.5 Å². The van der Waals surface area contributed by atoms with Crippen LogP contribution in [0.25, 0.3) is 33.3 Å². The summed E-state index contributed by atoms with van der Waals surface area (Å²) in [6.07, 6.45) is 5.69. The summed E-state index contributed by atoms with van der Waals surface area (Å²) in [5.74, 6) is -0.276. The first-order valence-corrected chi connectivity index (χ1v) is 12.0. The van der Waals surface area contributed by atoms with E-state index in [1.807, 2.05) is 37.4 Å². The van der Waals surface area contributed by atoms with Gasteiger partial charge in [-0.1, -0.05) is 18.2 Å². The highest BCUT2D eigenvalue weighted by molar-refractivity contribution is 6.02. The Morgan fingerprint density at radius 2 is 2.00 bits per heavy atom. The van der Waals surface area contributed by atoms with Crippen molar-refractivity contribution >= 4 is 22.3 Å². The van der Waals surface area contributed by atoms with Crippen molar-refractivity contribution in [3.63, 3.8) is 0 Å². The van der Waals surface area contributed by atoms with Crippen LogP contribution in [-0.2, 0) is 4.74 Å². The van der Waals surface area contributed by atoms with Crippen LogP contribution >= 0.6 is 0 Å². The predicted molar refractivity (Wildman–Crippen MR) is 140 cm³/mol. The van der Waals surface area contributed by atoms with E-state index in [1.54, 1.807) is 18.3 Å². The number of aryl methyl sites for hydroxylation is 1. The highest BCUT2D eigenvalue weighted by Gasteiger charge is 2.25. The first-order valence-electron chi connectivity index (χ1n) is 12.0. The number of benzene rings is 2. The Hall–Kier alpha value is -3.55. The van der Waals surface area contributed by atoms with Crippen LogP contribution in [0.1, 0.15) is 18.4 Å². The average Bonchev–Trinajstić information content (AvgIpc) is 2.88. The van der Waals surface area contributed by atoms with Crippen molar-refractivity contribution in [3.05, 3.63) is 72.3 Å².